The van der Waals surface area contributed by atoms with Gasteiger partial charge in [0.05, 0.1) is 33.4 Å². The van der Waals surface area contributed by atoms with Crippen LogP contribution in [0, 0.1) is 24.3 Å². The van der Waals surface area contributed by atoms with Gasteiger partial charge in [-0.1, -0.05) is 109 Å². The van der Waals surface area contributed by atoms with Gasteiger partial charge in [0.2, 0.25) is 0 Å². The van der Waals surface area contributed by atoms with Crippen LogP contribution < -0.4 is 0 Å². The zero-order valence-electron chi connectivity index (χ0n) is 27.6. The van der Waals surface area contributed by atoms with E-state index in [9.17, 15) is 0 Å². The second-order valence-electron chi connectivity index (χ2n) is 13.4. The first kappa shape index (κ1) is 27.9. The van der Waals surface area contributed by atoms with Gasteiger partial charge >= 0.3 is 0 Å². The van der Waals surface area contributed by atoms with E-state index in [0.29, 0.717) is 0 Å². The Morgan fingerprint density at radius 1 is 0.373 bits per heavy atom. The lowest BCUT2D eigenvalue weighted by Crippen LogP contribution is -1.93. The summed E-state index contributed by atoms with van der Waals surface area (Å²) in [6, 6.07) is 69.4. The van der Waals surface area contributed by atoms with Crippen molar-refractivity contribution in [1.82, 2.24) is 9.13 Å². The monoisotopic (exact) mass is 644 g/mol. The van der Waals surface area contributed by atoms with Crippen LogP contribution in [-0.2, 0) is 6.42 Å². The fourth-order valence-electron chi connectivity index (χ4n) is 8.57. The maximum Gasteiger partial charge on any atom is 0.0552 e. The smallest absolute Gasteiger partial charge is 0.0552 e. The largest absolute Gasteiger partial charge is 0.309 e. The molecule has 11 rings (SSSR count). The molecule has 0 fully saturated rings. The van der Waals surface area contributed by atoms with E-state index in [1.54, 1.807) is 0 Å². The van der Waals surface area contributed by atoms with Gasteiger partial charge < -0.3 is 9.13 Å². The third-order valence-corrected chi connectivity index (χ3v) is 10.8. The van der Waals surface area contributed by atoms with E-state index in [1.165, 1.54) is 88.1 Å². The highest BCUT2D eigenvalue weighted by atomic mass is 15.0. The number of benzene rings is 6. The number of rotatable bonds is 4. The molecule has 0 bridgehead atoms. The molecule has 8 aromatic carbocycles. The van der Waals surface area contributed by atoms with Crippen LogP contribution in [0.2, 0.25) is 0 Å². The van der Waals surface area contributed by atoms with Crippen LogP contribution in [0.15, 0.2) is 158 Å². The average Bonchev–Trinajstić information content (AvgIpc) is 3.86. The molecule has 51 heavy (non-hydrogen) atoms. The SMILES string of the molecule is c1ccc(-n2c3ccccc3c3cc(-c4cccc5c4Cc4c(-c6ccc7c(c6)c6ccccc6n7-c6cc#ccc6)cccc4-5)ccc32)cc#1. The normalized spacial score (nSPS) is 11.9. The molecule has 0 unspecified atom stereocenters. The Kier molecular flexibility index (Phi) is 5.88. The van der Waals surface area contributed by atoms with Crippen LogP contribution in [0.4, 0.5) is 0 Å². The van der Waals surface area contributed by atoms with Gasteiger partial charge in [0, 0.05) is 33.7 Å². The third kappa shape index (κ3) is 4.09. The molecule has 0 spiro atoms. The number of hydrogen-bond donors (Lipinski definition) is 0. The first-order chi connectivity index (χ1) is 25.3. The Morgan fingerprint density at radius 2 is 0.824 bits per heavy atom. The summed E-state index contributed by atoms with van der Waals surface area (Å²) < 4.78 is 4.67. The molecule has 0 aliphatic heterocycles. The second kappa shape index (κ2) is 10.8. The van der Waals surface area contributed by atoms with Crippen LogP contribution in [-0.4, -0.2) is 9.13 Å². The molecule has 2 aromatic heterocycles. The second-order valence-corrected chi connectivity index (χ2v) is 13.4. The summed E-state index contributed by atoms with van der Waals surface area (Å²) in [5.41, 5.74) is 17.5. The van der Waals surface area contributed by atoms with Gasteiger partial charge in [-0.15, -0.1) is 0 Å². The Labute approximate surface area is 296 Å². The lowest BCUT2D eigenvalue weighted by Gasteiger charge is -2.11. The van der Waals surface area contributed by atoms with Crippen molar-refractivity contribution >= 4 is 43.6 Å². The predicted molar refractivity (Wildman–Crippen MR) is 210 cm³/mol. The fraction of sp³-hybridized carbons (Fsp3) is 0.0204. The lowest BCUT2D eigenvalue weighted by atomic mass is 9.94. The first-order valence-electron chi connectivity index (χ1n) is 17.4. The lowest BCUT2D eigenvalue weighted by molar-refractivity contribution is 1.18. The Hall–Kier alpha value is -7.00. The molecule has 2 heterocycles. The van der Waals surface area contributed by atoms with Crippen molar-refractivity contribution < 1.29 is 0 Å². The number of nitrogens with zero attached hydrogens (tertiary/aromatic N) is 2. The van der Waals surface area contributed by atoms with Crippen LogP contribution in [0.1, 0.15) is 11.1 Å². The molecule has 0 radical (unpaired) electrons. The number of para-hydroxylation sites is 2. The number of hydrogen-bond acceptors (Lipinski definition) is 0. The Balaban J connectivity index is 1.04. The van der Waals surface area contributed by atoms with Gasteiger partial charge in [-0.2, -0.15) is 0 Å². The molecular weight excluding hydrogens is 617 g/mol. The van der Waals surface area contributed by atoms with E-state index in [1.807, 2.05) is 24.3 Å². The van der Waals surface area contributed by atoms with E-state index in [2.05, 4.69) is 167 Å². The van der Waals surface area contributed by atoms with Crippen molar-refractivity contribution in [3.63, 3.8) is 0 Å². The van der Waals surface area contributed by atoms with Gasteiger partial charge in [0.15, 0.2) is 0 Å². The minimum absolute atomic E-state index is 0.892. The van der Waals surface area contributed by atoms with E-state index in [4.69, 9.17) is 0 Å². The zero-order valence-corrected chi connectivity index (χ0v) is 27.6. The minimum Gasteiger partial charge on any atom is -0.309 e. The third-order valence-electron chi connectivity index (χ3n) is 10.8. The molecule has 0 amide bonds. The highest BCUT2D eigenvalue weighted by molar-refractivity contribution is 6.12. The van der Waals surface area contributed by atoms with E-state index in [0.717, 1.165) is 17.8 Å². The summed E-state index contributed by atoms with van der Waals surface area (Å²) in [4.78, 5) is 0. The van der Waals surface area contributed by atoms with Crippen LogP contribution in [0.5, 0.6) is 0 Å². The van der Waals surface area contributed by atoms with Crippen molar-refractivity contribution in [3.05, 3.63) is 193 Å². The number of fused-ring (bicyclic) bond motifs is 9. The molecule has 1 aliphatic carbocycles. The van der Waals surface area contributed by atoms with Gasteiger partial charge in [0.25, 0.3) is 0 Å². The van der Waals surface area contributed by atoms with Crippen LogP contribution >= 0.6 is 0 Å². The molecule has 2 nitrogen and oxygen atoms in total. The van der Waals surface area contributed by atoms with Gasteiger partial charge in [-0.3, -0.25) is 0 Å². The molecule has 0 atom stereocenters. The molecule has 0 saturated carbocycles. The highest BCUT2D eigenvalue weighted by Crippen LogP contribution is 2.46. The predicted octanol–water partition coefficient (Wildman–Crippen LogP) is 12.0. The van der Waals surface area contributed by atoms with Crippen molar-refractivity contribution in [2.24, 2.45) is 0 Å². The molecule has 10 aromatic rings. The maximum absolute atomic E-state index is 3.14. The quantitative estimate of drug-likeness (QED) is 0.180. The molecule has 234 valence electrons. The van der Waals surface area contributed by atoms with Gasteiger partial charge in [-0.05, 0) is 112 Å². The molecule has 0 N–H and O–H groups in total. The summed E-state index contributed by atoms with van der Waals surface area (Å²) in [5.74, 6) is 0. The van der Waals surface area contributed by atoms with Crippen molar-refractivity contribution in [3.8, 4) is 44.8 Å². The van der Waals surface area contributed by atoms with Crippen molar-refractivity contribution in [2.75, 3.05) is 0 Å². The summed E-state index contributed by atoms with van der Waals surface area (Å²) in [7, 11) is 0. The van der Waals surface area contributed by atoms with E-state index in [-0.39, 0.29) is 0 Å². The molecule has 0 saturated heterocycles. The fourth-order valence-corrected chi connectivity index (χ4v) is 8.57. The topological polar surface area (TPSA) is 9.86 Å². The summed E-state index contributed by atoms with van der Waals surface area (Å²) >= 11 is 0. The first-order valence-corrected chi connectivity index (χ1v) is 17.4. The van der Waals surface area contributed by atoms with Crippen molar-refractivity contribution in [1.29, 1.82) is 0 Å². The molecule has 2 heteroatoms. The van der Waals surface area contributed by atoms with E-state index < -0.39 is 0 Å². The number of aromatic nitrogens is 2. The highest BCUT2D eigenvalue weighted by Gasteiger charge is 2.25. The average molecular weight is 645 g/mol. The van der Waals surface area contributed by atoms with Crippen LogP contribution in [0.3, 0.4) is 0 Å². The van der Waals surface area contributed by atoms with Crippen molar-refractivity contribution in [2.45, 2.75) is 6.42 Å². The summed E-state index contributed by atoms with van der Waals surface area (Å²) in [5, 5.41) is 5.01. The maximum atomic E-state index is 3.14. The van der Waals surface area contributed by atoms with Gasteiger partial charge in [0.1, 0.15) is 0 Å². The van der Waals surface area contributed by atoms with Gasteiger partial charge in [-0.25, -0.2) is 0 Å². The molecular formula is C49H28N2. The van der Waals surface area contributed by atoms with Crippen LogP contribution in [0.25, 0.3) is 88.4 Å². The standard InChI is InChI=1S/C49H28N2/c1-3-13-34(14-4-1)50-46-23-9-7-17-40(46)44-29-32(25-27-48(44)50)36-19-11-21-38-39-22-12-20-37(43(39)31-42(36)38)33-26-28-49-45(30-33)41-18-8-10-24-47(41)51(49)35-15-5-2-6-16-35/h3,5,7-30H,31H2. The summed E-state index contributed by atoms with van der Waals surface area (Å²) in [6.45, 7) is 0. The summed E-state index contributed by atoms with van der Waals surface area (Å²) in [6.07, 6.45) is 0.892. The Morgan fingerprint density at radius 3 is 1.29 bits per heavy atom. The molecule has 1 aliphatic rings. The zero-order chi connectivity index (χ0) is 33.5. The van der Waals surface area contributed by atoms with E-state index >= 15 is 0 Å². The minimum atomic E-state index is 0.892. The Bertz CT molecular complexity index is 2780.